The van der Waals surface area contributed by atoms with E-state index in [-0.39, 0.29) is 23.9 Å². The molecule has 1 atom stereocenters. The lowest BCUT2D eigenvalue weighted by molar-refractivity contribution is -0.121. The largest absolute Gasteiger partial charge is 0.354 e. The highest BCUT2D eigenvalue weighted by atomic mass is 16.2. The molecule has 0 saturated carbocycles. The first kappa shape index (κ1) is 20.5. The van der Waals surface area contributed by atoms with Crippen LogP contribution >= 0.6 is 0 Å². The number of aromatic nitrogens is 4. The predicted octanol–water partition coefficient (Wildman–Crippen LogP) is 3.12. The molecule has 2 aromatic carbocycles. The molecular weight excluding hydrogens is 390 g/mol. The molecule has 7 heteroatoms. The summed E-state index contributed by atoms with van der Waals surface area (Å²) in [7, 11) is 0. The van der Waals surface area contributed by atoms with Crippen LogP contribution in [0.3, 0.4) is 0 Å². The number of carbonyl (C=O) groups excluding carboxylic acids is 1. The van der Waals surface area contributed by atoms with E-state index < -0.39 is 0 Å². The molecule has 0 aliphatic heterocycles. The van der Waals surface area contributed by atoms with E-state index in [0.717, 1.165) is 22.3 Å². The van der Waals surface area contributed by atoms with Gasteiger partial charge >= 0.3 is 0 Å². The van der Waals surface area contributed by atoms with E-state index in [0.29, 0.717) is 17.8 Å². The zero-order valence-corrected chi connectivity index (χ0v) is 17.9. The van der Waals surface area contributed by atoms with Crippen LogP contribution in [0.25, 0.3) is 16.6 Å². The molecule has 0 spiro atoms. The van der Waals surface area contributed by atoms with E-state index in [4.69, 9.17) is 0 Å². The highest BCUT2D eigenvalue weighted by molar-refractivity contribution is 5.83. The van der Waals surface area contributed by atoms with E-state index >= 15 is 0 Å². The summed E-state index contributed by atoms with van der Waals surface area (Å²) < 4.78 is 2.94. The summed E-state index contributed by atoms with van der Waals surface area (Å²) in [5.74, 6) is -0.0846. The van der Waals surface area contributed by atoms with Gasteiger partial charge in [-0.2, -0.15) is 10.2 Å². The lowest BCUT2D eigenvalue weighted by Gasteiger charge is -2.13. The fourth-order valence-corrected chi connectivity index (χ4v) is 3.77. The van der Waals surface area contributed by atoms with Gasteiger partial charge in [0.15, 0.2) is 5.52 Å². The summed E-state index contributed by atoms with van der Waals surface area (Å²) in [6, 6.07) is 19.6. The zero-order valence-electron chi connectivity index (χ0n) is 17.9. The van der Waals surface area contributed by atoms with Crippen molar-refractivity contribution in [1.82, 2.24) is 24.9 Å². The van der Waals surface area contributed by atoms with Crippen LogP contribution in [0.1, 0.15) is 29.8 Å². The van der Waals surface area contributed by atoms with Gasteiger partial charge in [-0.25, -0.2) is 9.36 Å². The van der Waals surface area contributed by atoms with Crippen LogP contribution in [0.4, 0.5) is 0 Å². The number of hydrogen-bond acceptors (Lipinski definition) is 4. The van der Waals surface area contributed by atoms with Gasteiger partial charge in [0, 0.05) is 6.54 Å². The van der Waals surface area contributed by atoms with E-state index in [1.54, 1.807) is 4.68 Å². The van der Waals surface area contributed by atoms with E-state index in [2.05, 4.69) is 22.4 Å². The number of carbonyl (C=O) groups is 1. The summed E-state index contributed by atoms with van der Waals surface area (Å²) in [6.07, 6.45) is 0. The first-order chi connectivity index (χ1) is 15.0. The maximum Gasteiger partial charge on any atom is 0.295 e. The van der Waals surface area contributed by atoms with E-state index in [1.165, 1.54) is 4.68 Å². The fourth-order valence-electron chi connectivity index (χ4n) is 3.77. The molecule has 4 rings (SSSR count). The summed E-state index contributed by atoms with van der Waals surface area (Å²) in [5.41, 5.74) is 3.48. The van der Waals surface area contributed by atoms with Crippen LogP contribution < -0.4 is 10.9 Å². The Kier molecular flexibility index (Phi) is 5.66. The van der Waals surface area contributed by atoms with Gasteiger partial charge in [0.25, 0.3) is 5.56 Å². The van der Waals surface area contributed by atoms with Crippen molar-refractivity contribution >= 4 is 16.8 Å². The highest BCUT2D eigenvalue weighted by Gasteiger charge is 2.18. The SMILES string of the molecule is Cc1nn(CC(=O)NC[C@H](C)c2ccccc2)c(=O)c2nn(-c3ccccc3)c(C)c12. The number of aryl methyl sites for hydroxylation is 2. The third-order valence-electron chi connectivity index (χ3n) is 5.45. The second-order valence-electron chi connectivity index (χ2n) is 7.72. The number of nitrogens with zero attached hydrogens (tertiary/aromatic N) is 4. The molecule has 0 aliphatic rings. The van der Waals surface area contributed by atoms with Gasteiger partial charge in [-0.3, -0.25) is 9.59 Å². The van der Waals surface area contributed by atoms with Crippen LogP contribution in [-0.2, 0) is 11.3 Å². The molecule has 0 bridgehead atoms. The minimum Gasteiger partial charge on any atom is -0.354 e. The monoisotopic (exact) mass is 415 g/mol. The number of amides is 1. The molecular formula is C24H25N5O2. The Balaban J connectivity index is 1.56. The molecule has 2 aromatic heterocycles. The van der Waals surface area contributed by atoms with Gasteiger partial charge in [0.05, 0.1) is 22.5 Å². The van der Waals surface area contributed by atoms with Gasteiger partial charge in [-0.05, 0) is 37.5 Å². The Hall–Kier alpha value is -3.74. The Morgan fingerprint density at radius 3 is 2.32 bits per heavy atom. The lowest BCUT2D eigenvalue weighted by atomic mass is 10.0. The Morgan fingerprint density at radius 1 is 1.00 bits per heavy atom. The Bertz CT molecular complexity index is 1280. The molecule has 158 valence electrons. The van der Waals surface area contributed by atoms with E-state index in [1.807, 2.05) is 74.5 Å². The molecule has 1 N–H and O–H groups in total. The van der Waals surface area contributed by atoms with Crippen molar-refractivity contribution in [2.24, 2.45) is 0 Å². The summed E-state index contributed by atoms with van der Waals surface area (Å²) >= 11 is 0. The van der Waals surface area contributed by atoms with Crippen molar-refractivity contribution in [3.8, 4) is 5.69 Å². The normalized spacial score (nSPS) is 12.1. The number of para-hydroxylation sites is 1. The van der Waals surface area contributed by atoms with Crippen molar-refractivity contribution in [3.05, 3.63) is 88.0 Å². The molecule has 0 unspecified atom stereocenters. The molecule has 0 radical (unpaired) electrons. The fraction of sp³-hybridized carbons (Fsp3) is 0.250. The predicted molar refractivity (Wildman–Crippen MR) is 120 cm³/mol. The summed E-state index contributed by atoms with van der Waals surface area (Å²) in [6.45, 7) is 6.14. The quantitative estimate of drug-likeness (QED) is 0.525. The molecule has 4 aromatic rings. The Morgan fingerprint density at radius 2 is 1.65 bits per heavy atom. The highest BCUT2D eigenvalue weighted by Crippen LogP contribution is 2.20. The topological polar surface area (TPSA) is 81.8 Å². The first-order valence-electron chi connectivity index (χ1n) is 10.3. The van der Waals surface area contributed by atoms with Crippen molar-refractivity contribution < 1.29 is 4.79 Å². The van der Waals surface area contributed by atoms with Gasteiger partial charge in [-0.15, -0.1) is 0 Å². The van der Waals surface area contributed by atoms with E-state index in [9.17, 15) is 9.59 Å². The third kappa shape index (κ3) is 4.12. The number of nitrogens with one attached hydrogen (secondary N) is 1. The molecule has 0 fully saturated rings. The average molecular weight is 415 g/mol. The Labute approximate surface area is 180 Å². The van der Waals surface area contributed by atoms with Crippen LogP contribution in [0.5, 0.6) is 0 Å². The second kappa shape index (κ2) is 8.55. The van der Waals surface area contributed by atoms with Crippen LogP contribution in [0.15, 0.2) is 65.5 Å². The number of rotatable bonds is 6. The molecule has 7 nitrogen and oxygen atoms in total. The minimum atomic E-state index is -0.371. The average Bonchev–Trinajstić information content (AvgIpc) is 3.14. The second-order valence-corrected chi connectivity index (χ2v) is 7.72. The zero-order chi connectivity index (χ0) is 22.0. The van der Waals surface area contributed by atoms with Gasteiger partial charge < -0.3 is 5.32 Å². The van der Waals surface area contributed by atoms with Gasteiger partial charge in [0.1, 0.15) is 6.54 Å². The third-order valence-corrected chi connectivity index (χ3v) is 5.45. The maximum absolute atomic E-state index is 13.0. The van der Waals surface area contributed by atoms with Crippen molar-refractivity contribution in [1.29, 1.82) is 0 Å². The van der Waals surface area contributed by atoms with Crippen LogP contribution in [0.2, 0.25) is 0 Å². The smallest absolute Gasteiger partial charge is 0.295 e. The van der Waals surface area contributed by atoms with Crippen LogP contribution in [0, 0.1) is 13.8 Å². The molecule has 0 aliphatic carbocycles. The number of fused-ring (bicyclic) bond motifs is 1. The summed E-state index contributed by atoms with van der Waals surface area (Å²) in [5, 5.41) is 12.5. The van der Waals surface area contributed by atoms with Gasteiger partial charge in [-0.1, -0.05) is 55.5 Å². The lowest BCUT2D eigenvalue weighted by Crippen LogP contribution is -2.35. The molecule has 2 heterocycles. The summed E-state index contributed by atoms with van der Waals surface area (Å²) in [4.78, 5) is 25.5. The van der Waals surface area contributed by atoms with Crippen molar-refractivity contribution in [3.63, 3.8) is 0 Å². The molecule has 0 saturated heterocycles. The number of hydrogen-bond donors (Lipinski definition) is 1. The standard InChI is InChI=1S/C24H25N5O2/c1-16(19-10-6-4-7-11-19)14-25-21(30)15-28-24(31)23-22(17(2)26-28)18(3)29(27-23)20-12-8-5-9-13-20/h4-13,16H,14-15H2,1-3H3,(H,25,30)/t16-/m0/s1. The molecule has 1 amide bonds. The number of benzene rings is 2. The van der Waals surface area contributed by atoms with Crippen molar-refractivity contribution in [2.45, 2.75) is 33.2 Å². The first-order valence-corrected chi connectivity index (χ1v) is 10.3. The minimum absolute atomic E-state index is 0.144. The van der Waals surface area contributed by atoms with Crippen LogP contribution in [-0.4, -0.2) is 32.0 Å². The van der Waals surface area contributed by atoms with Gasteiger partial charge in [0.2, 0.25) is 5.91 Å². The molecule has 31 heavy (non-hydrogen) atoms. The maximum atomic E-state index is 13.0. The van der Waals surface area contributed by atoms with Crippen molar-refractivity contribution in [2.75, 3.05) is 6.54 Å².